The molecule has 3 aromatic rings. The topological polar surface area (TPSA) is 26.3 Å². The van der Waals surface area contributed by atoms with Crippen molar-refractivity contribution >= 4 is 33.9 Å². The fraction of sp³-hybridized carbons (Fsp3) is 0.174. The van der Waals surface area contributed by atoms with Gasteiger partial charge in [-0.3, -0.25) is 0 Å². The molecule has 26 heavy (non-hydrogen) atoms. The number of carbonyl (C=O) groups excluding carboxylic acids is 1. The molecule has 0 aromatic heterocycles. The lowest BCUT2D eigenvalue weighted by atomic mass is 9.93. The Bertz CT molecular complexity index is 921. The average Bonchev–Trinajstić information content (AvgIpc) is 2.66. The molecular weight excluding hydrogens is 344 g/mol. The molecule has 2 nitrogen and oxygen atoms in total. The molecule has 0 bridgehead atoms. The first-order chi connectivity index (χ1) is 12.7. The molecule has 0 aliphatic rings. The van der Waals surface area contributed by atoms with Gasteiger partial charge < -0.3 is 4.74 Å². The van der Waals surface area contributed by atoms with Crippen LogP contribution in [0, 0.1) is 0 Å². The van der Waals surface area contributed by atoms with Crippen LogP contribution >= 0.6 is 11.6 Å². The summed E-state index contributed by atoms with van der Waals surface area (Å²) in [4.78, 5) is 12.1. The van der Waals surface area contributed by atoms with Gasteiger partial charge in [-0.2, -0.15) is 0 Å². The highest BCUT2D eigenvalue weighted by atomic mass is 35.5. The van der Waals surface area contributed by atoms with Crippen LogP contribution in [0.2, 0.25) is 5.02 Å². The molecule has 0 radical (unpaired) electrons. The van der Waals surface area contributed by atoms with E-state index in [1.807, 2.05) is 49.4 Å². The number of ether oxygens (including phenoxy) is 1. The van der Waals surface area contributed by atoms with Crippen molar-refractivity contribution in [2.75, 3.05) is 6.61 Å². The third kappa shape index (κ3) is 4.53. The lowest BCUT2D eigenvalue weighted by Gasteiger charge is -2.12. The standard InChI is InChI=1S/C23H21ClO2/c1-2-26-23(25)16-19(13-10-17-11-14-20(24)15-12-17)22-9-5-7-18-6-3-4-8-21(18)22/h3-9,11-12,14-16H,2,10,13H2,1H3/b19-16-. The SMILES string of the molecule is CCOC(=O)/C=C(/CCc1ccc(Cl)cc1)c1cccc2ccccc12. The van der Waals surface area contributed by atoms with Gasteiger partial charge in [0.05, 0.1) is 6.61 Å². The number of aryl methyl sites for hydroxylation is 1. The third-order valence-electron chi connectivity index (χ3n) is 4.31. The maximum Gasteiger partial charge on any atom is 0.331 e. The van der Waals surface area contributed by atoms with E-state index in [1.54, 1.807) is 6.08 Å². The summed E-state index contributed by atoms with van der Waals surface area (Å²) in [5.41, 5.74) is 3.24. The number of benzene rings is 3. The highest BCUT2D eigenvalue weighted by molar-refractivity contribution is 6.30. The maximum atomic E-state index is 12.1. The molecule has 0 saturated heterocycles. The molecule has 0 fully saturated rings. The summed E-state index contributed by atoms with van der Waals surface area (Å²) < 4.78 is 5.14. The summed E-state index contributed by atoms with van der Waals surface area (Å²) in [6, 6.07) is 22.2. The number of halogens is 1. The van der Waals surface area contributed by atoms with Gasteiger partial charge in [0.25, 0.3) is 0 Å². The predicted octanol–water partition coefficient (Wildman–Crippen LogP) is 6.07. The van der Waals surface area contributed by atoms with Crippen LogP contribution in [-0.4, -0.2) is 12.6 Å². The number of hydrogen-bond acceptors (Lipinski definition) is 2. The number of rotatable bonds is 6. The number of allylic oxidation sites excluding steroid dienone is 1. The molecule has 0 aliphatic heterocycles. The Labute approximate surface area is 159 Å². The lowest BCUT2D eigenvalue weighted by Crippen LogP contribution is -2.02. The molecule has 0 aliphatic carbocycles. The van der Waals surface area contributed by atoms with Gasteiger partial charge in [-0.1, -0.05) is 66.2 Å². The van der Waals surface area contributed by atoms with Gasteiger partial charge in [-0.25, -0.2) is 4.79 Å². The van der Waals surface area contributed by atoms with Gasteiger partial charge in [0.2, 0.25) is 0 Å². The number of fused-ring (bicyclic) bond motifs is 1. The second-order valence-corrected chi connectivity index (χ2v) is 6.51. The molecule has 0 N–H and O–H groups in total. The Morgan fingerprint density at radius 1 is 1.00 bits per heavy atom. The molecule has 0 atom stereocenters. The van der Waals surface area contributed by atoms with E-state index < -0.39 is 0 Å². The zero-order valence-electron chi connectivity index (χ0n) is 14.7. The molecule has 132 valence electrons. The van der Waals surface area contributed by atoms with Crippen LogP contribution in [0.5, 0.6) is 0 Å². The predicted molar refractivity (Wildman–Crippen MR) is 108 cm³/mol. The van der Waals surface area contributed by atoms with Crippen LogP contribution in [0.1, 0.15) is 24.5 Å². The number of carbonyl (C=O) groups is 1. The molecule has 0 spiro atoms. The summed E-state index contributed by atoms with van der Waals surface area (Å²) in [6.07, 6.45) is 3.20. The van der Waals surface area contributed by atoms with Crippen LogP contribution in [0.3, 0.4) is 0 Å². The summed E-state index contributed by atoms with van der Waals surface area (Å²) in [6.45, 7) is 2.19. The molecule has 3 rings (SSSR count). The van der Waals surface area contributed by atoms with E-state index in [0.29, 0.717) is 6.61 Å². The van der Waals surface area contributed by atoms with Crippen molar-refractivity contribution in [3.05, 3.63) is 89.0 Å². The Balaban J connectivity index is 1.94. The zero-order chi connectivity index (χ0) is 18.4. The van der Waals surface area contributed by atoms with Gasteiger partial charge in [-0.15, -0.1) is 0 Å². The van der Waals surface area contributed by atoms with E-state index in [2.05, 4.69) is 24.3 Å². The van der Waals surface area contributed by atoms with E-state index in [1.165, 1.54) is 5.56 Å². The Hall–Kier alpha value is -2.58. The molecule has 0 saturated carbocycles. The van der Waals surface area contributed by atoms with Crippen molar-refractivity contribution in [1.82, 2.24) is 0 Å². The molecule has 3 heteroatoms. The first-order valence-corrected chi connectivity index (χ1v) is 9.15. The minimum absolute atomic E-state index is 0.299. The third-order valence-corrected chi connectivity index (χ3v) is 4.56. The van der Waals surface area contributed by atoms with Crippen molar-refractivity contribution in [3.8, 4) is 0 Å². The van der Waals surface area contributed by atoms with Crippen LogP contribution in [0.15, 0.2) is 72.8 Å². The summed E-state index contributed by atoms with van der Waals surface area (Å²) in [5, 5.41) is 3.03. The normalized spacial score (nSPS) is 11.5. The van der Waals surface area contributed by atoms with Gasteiger partial charge in [-0.05, 0) is 59.4 Å². The largest absolute Gasteiger partial charge is 0.463 e. The van der Waals surface area contributed by atoms with E-state index in [4.69, 9.17) is 16.3 Å². The second-order valence-electron chi connectivity index (χ2n) is 6.07. The Morgan fingerprint density at radius 2 is 1.73 bits per heavy atom. The van der Waals surface area contributed by atoms with Gasteiger partial charge in [0, 0.05) is 11.1 Å². The average molecular weight is 365 g/mol. The molecule has 0 amide bonds. The van der Waals surface area contributed by atoms with Crippen molar-refractivity contribution in [1.29, 1.82) is 0 Å². The van der Waals surface area contributed by atoms with E-state index in [0.717, 1.165) is 39.8 Å². The van der Waals surface area contributed by atoms with Gasteiger partial charge >= 0.3 is 5.97 Å². The Morgan fingerprint density at radius 3 is 2.50 bits per heavy atom. The first kappa shape index (κ1) is 18.2. The zero-order valence-corrected chi connectivity index (χ0v) is 15.5. The van der Waals surface area contributed by atoms with Crippen molar-refractivity contribution in [2.24, 2.45) is 0 Å². The van der Waals surface area contributed by atoms with Crippen molar-refractivity contribution < 1.29 is 9.53 Å². The van der Waals surface area contributed by atoms with E-state index >= 15 is 0 Å². The van der Waals surface area contributed by atoms with Crippen LogP contribution in [0.4, 0.5) is 0 Å². The highest BCUT2D eigenvalue weighted by Gasteiger charge is 2.10. The summed E-state index contributed by atoms with van der Waals surface area (Å²) in [7, 11) is 0. The number of esters is 1. The van der Waals surface area contributed by atoms with Crippen LogP contribution in [-0.2, 0) is 16.0 Å². The van der Waals surface area contributed by atoms with Crippen LogP contribution < -0.4 is 0 Å². The smallest absolute Gasteiger partial charge is 0.331 e. The van der Waals surface area contributed by atoms with Gasteiger partial charge in [0.1, 0.15) is 0 Å². The second kappa shape index (κ2) is 8.68. The van der Waals surface area contributed by atoms with E-state index in [-0.39, 0.29) is 5.97 Å². The summed E-state index contributed by atoms with van der Waals surface area (Å²) in [5.74, 6) is -0.299. The fourth-order valence-corrected chi connectivity index (χ4v) is 3.17. The van der Waals surface area contributed by atoms with Gasteiger partial charge in [0.15, 0.2) is 0 Å². The number of hydrogen-bond donors (Lipinski definition) is 0. The molecular formula is C23H21ClO2. The Kier molecular flexibility index (Phi) is 6.08. The first-order valence-electron chi connectivity index (χ1n) is 8.77. The summed E-state index contributed by atoms with van der Waals surface area (Å²) >= 11 is 5.97. The lowest BCUT2D eigenvalue weighted by molar-refractivity contribution is -0.137. The molecule has 0 unspecified atom stereocenters. The molecule has 0 heterocycles. The molecule has 3 aromatic carbocycles. The fourth-order valence-electron chi connectivity index (χ4n) is 3.05. The maximum absolute atomic E-state index is 12.1. The minimum Gasteiger partial charge on any atom is -0.463 e. The van der Waals surface area contributed by atoms with Crippen LogP contribution in [0.25, 0.3) is 16.3 Å². The monoisotopic (exact) mass is 364 g/mol. The minimum atomic E-state index is -0.299. The highest BCUT2D eigenvalue weighted by Crippen LogP contribution is 2.28. The van der Waals surface area contributed by atoms with Crippen molar-refractivity contribution in [3.63, 3.8) is 0 Å². The van der Waals surface area contributed by atoms with E-state index in [9.17, 15) is 4.79 Å². The van der Waals surface area contributed by atoms with Crippen molar-refractivity contribution in [2.45, 2.75) is 19.8 Å². The quantitative estimate of drug-likeness (QED) is 0.391.